The predicted octanol–water partition coefficient (Wildman–Crippen LogP) is 2.57. The van der Waals surface area contributed by atoms with Crippen LogP contribution in [0.3, 0.4) is 0 Å². The SMILES string of the molecule is NC[C@H]1CC[C@H](CN2CCN(c3ccccc3)CC2)CC1. The second-order valence-corrected chi connectivity index (χ2v) is 6.75. The number of piperazine rings is 1. The minimum Gasteiger partial charge on any atom is -0.369 e. The van der Waals surface area contributed by atoms with Crippen molar-refractivity contribution < 1.29 is 0 Å². The highest BCUT2D eigenvalue weighted by Gasteiger charge is 2.24. The van der Waals surface area contributed by atoms with Gasteiger partial charge in [-0.3, -0.25) is 4.90 Å². The van der Waals surface area contributed by atoms with E-state index in [4.69, 9.17) is 5.73 Å². The predicted molar refractivity (Wildman–Crippen MR) is 89.6 cm³/mol. The first-order valence-electron chi connectivity index (χ1n) is 8.57. The van der Waals surface area contributed by atoms with Crippen molar-refractivity contribution in [3.63, 3.8) is 0 Å². The van der Waals surface area contributed by atoms with Crippen molar-refractivity contribution in [1.29, 1.82) is 0 Å². The van der Waals surface area contributed by atoms with Gasteiger partial charge >= 0.3 is 0 Å². The summed E-state index contributed by atoms with van der Waals surface area (Å²) in [4.78, 5) is 5.19. The van der Waals surface area contributed by atoms with Crippen LogP contribution < -0.4 is 10.6 Å². The molecule has 1 aromatic carbocycles. The molecule has 0 bridgehead atoms. The molecule has 1 heterocycles. The molecule has 2 aliphatic rings. The van der Waals surface area contributed by atoms with E-state index in [0.717, 1.165) is 18.4 Å². The summed E-state index contributed by atoms with van der Waals surface area (Å²) in [5, 5.41) is 0. The Kier molecular flexibility index (Phi) is 5.15. The van der Waals surface area contributed by atoms with Crippen molar-refractivity contribution in [2.24, 2.45) is 17.6 Å². The van der Waals surface area contributed by atoms with Crippen molar-refractivity contribution in [3.8, 4) is 0 Å². The van der Waals surface area contributed by atoms with Gasteiger partial charge in [-0.2, -0.15) is 0 Å². The van der Waals surface area contributed by atoms with E-state index < -0.39 is 0 Å². The van der Waals surface area contributed by atoms with E-state index in [-0.39, 0.29) is 0 Å². The quantitative estimate of drug-likeness (QED) is 0.924. The monoisotopic (exact) mass is 287 g/mol. The molecular formula is C18H29N3. The summed E-state index contributed by atoms with van der Waals surface area (Å²) in [6, 6.07) is 10.8. The number of rotatable bonds is 4. The zero-order valence-electron chi connectivity index (χ0n) is 13.1. The minimum atomic E-state index is 0.802. The average Bonchev–Trinajstić information content (AvgIpc) is 2.57. The number of anilines is 1. The van der Waals surface area contributed by atoms with E-state index >= 15 is 0 Å². The molecule has 0 amide bonds. The van der Waals surface area contributed by atoms with Gasteiger partial charge < -0.3 is 10.6 Å². The Morgan fingerprint density at radius 2 is 1.48 bits per heavy atom. The molecule has 1 aromatic rings. The summed E-state index contributed by atoms with van der Waals surface area (Å²) >= 11 is 0. The Labute approximate surface area is 129 Å². The standard InChI is InChI=1S/C18H29N3/c19-14-16-6-8-17(9-7-16)15-20-10-12-21(13-11-20)18-4-2-1-3-5-18/h1-5,16-17H,6-15,19H2/t16-,17-. The molecule has 1 saturated heterocycles. The maximum Gasteiger partial charge on any atom is 0.0367 e. The summed E-state index contributed by atoms with van der Waals surface area (Å²) in [7, 11) is 0. The van der Waals surface area contributed by atoms with E-state index in [9.17, 15) is 0 Å². The van der Waals surface area contributed by atoms with Crippen molar-refractivity contribution in [1.82, 2.24) is 4.90 Å². The fourth-order valence-corrected chi connectivity index (χ4v) is 3.84. The largest absolute Gasteiger partial charge is 0.369 e. The second-order valence-electron chi connectivity index (χ2n) is 6.75. The van der Waals surface area contributed by atoms with Crippen molar-refractivity contribution in [2.45, 2.75) is 25.7 Å². The lowest BCUT2D eigenvalue weighted by atomic mass is 9.82. The zero-order valence-corrected chi connectivity index (χ0v) is 13.1. The Bertz CT molecular complexity index is 404. The van der Waals surface area contributed by atoms with E-state index in [0.29, 0.717) is 0 Å². The van der Waals surface area contributed by atoms with Crippen LogP contribution in [0.5, 0.6) is 0 Å². The summed E-state index contributed by atoms with van der Waals surface area (Å²) in [6.07, 6.45) is 5.48. The van der Waals surface area contributed by atoms with E-state index in [1.54, 1.807) is 0 Å². The molecule has 2 fully saturated rings. The van der Waals surface area contributed by atoms with Crippen LogP contribution in [-0.4, -0.2) is 44.2 Å². The summed E-state index contributed by atoms with van der Waals surface area (Å²) in [5.74, 6) is 1.72. The Balaban J connectivity index is 1.42. The number of hydrogen-bond donors (Lipinski definition) is 1. The molecule has 0 atom stereocenters. The summed E-state index contributed by atoms with van der Waals surface area (Å²) in [6.45, 7) is 6.96. The van der Waals surface area contributed by atoms with E-state index in [1.807, 2.05) is 0 Å². The molecule has 1 aliphatic carbocycles. The number of nitrogens with two attached hydrogens (primary N) is 1. The Hall–Kier alpha value is -1.06. The van der Waals surface area contributed by atoms with Gasteiger partial charge in [-0.25, -0.2) is 0 Å². The molecule has 0 unspecified atom stereocenters. The molecule has 1 aliphatic heterocycles. The van der Waals surface area contributed by atoms with Crippen LogP contribution in [0.1, 0.15) is 25.7 Å². The van der Waals surface area contributed by atoms with Gasteiger partial charge in [0.25, 0.3) is 0 Å². The third kappa shape index (κ3) is 3.98. The second kappa shape index (κ2) is 7.28. The van der Waals surface area contributed by atoms with Crippen LogP contribution in [-0.2, 0) is 0 Å². The lowest BCUT2D eigenvalue weighted by molar-refractivity contribution is 0.175. The van der Waals surface area contributed by atoms with Crippen molar-refractivity contribution in [3.05, 3.63) is 30.3 Å². The summed E-state index contributed by atoms with van der Waals surface area (Å²) in [5.41, 5.74) is 7.16. The molecule has 21 heavy (non-hydrogen) atoms. The Morgan fingerprint density at radius 3 is 2.10 bits per heavy atom. The minimum absolute atomic E-state index is 0.802. The van der Waals surface area contributed by atoms with Gasteiger partial charge in [0.1, 0.15) is 0 Å². The van der Waals surface area contributed by atoms with Gasteiger partial charge in [0.2, 0.25) is 0 Å². The first-order valence-corrected chi connectivity index (χ1v) is 8.57. The third-order valence-electron chi connectivity index (χ3n) is 5.31. The number of benzene rings is 1. The fraction of sp³-hybridized carbons (Fsp3) is 0.667. The van der Waals surface area contributed by atoms with Crippen LogP contribution in [0.2, 0.25) is 0 Å². The third-order valence-corrected chi connectivity index (χ3v) is 5.31. The number of hydrogen-bond acceptors (Lipinski definition) is 3. The highest BCUT2D eigenvalue weighted by Crippen LogP contribution is 2.29. The van der Waals surface area contributed by atoms with E-state index in [1.165, 1.54) is 64.1 Å². The van der Waals surface area contributed by atoms with E-state index in [2.05, 4.69) is 40.1 Å². The van der Waals surface area contributed by atoms with Crippen molar-refractivity contribution >= 4 is 5.69 Å². The molecule has 0 aromatic heterocycles. The maximum atomic E-state index is 5.79. The normalized spacial score (nSPS) is 27.8. The first kappa shape index (κ1) is 14.9. The molecule has 116 valence electrons. The number of nitrogens with zero attached hydrogens (tertiary/aromatic N) is 2. The molecule has 1 saturated carbocycles. The van der Waals surface area contributed by atoms with Crippen LogP contribution in [0.25, 0.3) is 0 Å². The molecule has 3 rings (SSSR count). The lowest BCUT2D eigenvalue weighted by Gasteiger charge is -2.39. The average molecular weight is 287 g/mol. The topological polar surface area (TPSA) is 32.5 Å². The zero-order chi connectivity index (χ0) is 14.5. The van der Waals surface area contributed by atoms with Gasteiger partial charge in [0, 0.05) is 38.4 Å². The Morgan fingerprint density at radius 1 is 0.857 bits per heavy atom. The maximum absolute atomic E-state index is 5.79. The molecule has 3 nitrogen and oxygen atoms in total. The van der Waals surface area contributed by atoms with Gasteiger partial charge in [0.15, 0.2) is 0 Å². The highest BCUT2D eigenvalue weighted by molar-refractivity contribution is 5.46. The van der Waals surface area contributed by atoms with Crippen LogP contribution in [0.15, 0.2) is 30.3 Å². The molecular weight excluding hydrogens is 258 g/mol. The molecule has 0 spiro atoms. The van der Waals surface area contributed by atoms with Gasteiger partial charge in [-0.15, -0.1) is 0 Å². The van der Waals surface area contributed by atoms with Gasteiger partial charge in [-0.1, -0.05) is 18.2 Å². The molecule has 0 radical (unpaired) electrons. The molecule has 2 N–H and O–H groups in total. The number of para-hydroxylation sites is 1. The first-order chi connectivity index (χ1) is 10.3. The van der Waals surface area contributed by atoms with Crippen LogP contribution in [0.4, 0.5) is 5.69 Å². The fourth-order valence-electron chi connectivity index (χ4n) is 3.84. The smallest absolute Gasteiger partial charge is 0.0367 e. The lowest BCUT2D eigenvalue weighted by Crippen LogP contribution is -2.48. The highest BCUT2D eigenvalue weighted by atomic mass is 15.3. The van der Waals surface area contributed by atoms with Crippen LogP contribution >= 0.6 is 0 Å². The van der Waals surface area contributed by atoms with Gasteiger partial charge in [-0.05, 0) is 56.2 Å². The van der Waals surface area contributed by atoms with Crippen molar-refractivity contribution in [2.75, 3.05) is 44.2 Å². The molecule has 3 heteroatoms. The summed E-state index contributed by atoms with van der Waals surface area (Å²) < 4.78 is 0. The van der Waals surface area contributed by atoms with Crippen LogP contribution in [0, 0.1) is 11.8 Å². The van der Waals surface area contributed by atoms with Gasteiger partial charge in [0.05, 0.1) is 0 Å².